The molecule has 4 rings (SSSR count). The van der Waals surface area contributed by atoms with Gasteiger partial charge in [0.15, 0.2) is 12.1 Å². The highest BCUT2D eigenvalue weighted by Gasteiger charge is 2.55. The molecular weight excluding hydrogens is 408 g/mol. The summed E-state index contributed by atoms with van der Waals surface area (Å²) in [5, 5.41) is 11.0. The fourth-order valence-corrected chi connectivity index (χ4v) is 3.29. The van der Waals surface area contributed by atoms with Gasteiger partial charge in [0.25, 0.3) is 11.8 Å². The van der Waals surface area contributed by atoms with Crippen molar-refractivity contribution in [1.82, 2.24) is 5.01 Å². The average molecular weight is 420 g/mol. The van der Waals surface area contributed by atoms with Crippen LogP contribution in [-0.4, -0.2) is 41.4 Å². The standard InChI is InChI=1S/C18H12ClF2N5O3/c19-12-7-11(5-6-13(12)21)26-17(28)15-16(18(26)29)25(24-23-15)8-14(27)22-10-3-1-9(20)2-4-10/h1-7,15-16H,8H2,(H,22,27)/t15-,16+/m0/s1. The van der Waals surface area contributed by atoms with Crippen molar-refractivity contribution in [2.75, 3.05) is 16.8 Å². The second kappa shape index (κ2) is 7.21. The molecule has 2 heterocycles. The summed E-state index contributed by atoms with van der Waals surface area (Å²) >= 11 is 5.74. The Hall–Kier alpha value is -3.40. The van der Waals surface area contributed by atoms with E-state index in [9.17, 15) is 23.2 Å². The molecule has 11 heteroatoms. The minimum absolute atomic E-state index is 0.103. The Morgan fingerprint density at radius 1 is 1.10 bits per heavy atom. The first-order valence-corrected chi connectivity index (χ1v) is 8.78. The van der Waals surface area contributed by atoms with Gasteiger partial charge in [-0.25, -0.2) is 13.7 Å². The number of nitrogens with one attached hydrogen (secondary N) is 1. The minimum atomic E-state index is -1.11. The van der Waals surface area contributed by atoms with Gasteiger partial charge in [0.1, 0.15) is 18.2 Å². The smallest absolute Gasteiger partial charge is 0.263 e. The van der Waals surface area contributed by atoms with Crippen molar-refractivity contribution >= 4 is 40.7 Å². The van der Waals surface area contributed by atoms with Crippen molar-refractivity contribution in [1.29, 1.82) is 0 Å². The van der Waals surface area contributed by atoms with Gasteiger partial charge in [-0.15, -0.1) is 0 Å². The Balaban J connectivity index is 1.49. The molecule has 0 radical (unpaired) electrons. The van der Waals surface area contributed by atoms with E-state index in [0.29, 0.717) is 5.69 Å². The first kappa shape index (κ1) is 18.9. The Morgan fingerprint density at radius 3 is 2.52 bits per heavy atom. The molecular formula is C18H12ClF2N5O3. The van der Waals surface area contributed by atoms with Crippen molar-refractivity contribution in [3.63, 3.8) is 0 Å². The molecule has 148 valence electrons. The van der Waals surface area contributed by atoms with Crippen molar-refractivity contribution in [3.8, 4) is 0 Å². The van der Waals surface area contributed by atoms with Crippen LogP contribution in [0.15, 0.2) is 52.8 Å². The van der Waals surface area contributed by atoms with E-state index in [1.807, 2.05) is 0 Å². The zero-order valence-corrected chi connectivity index (χ0v) is 15.3. The number of rotatable bonds is 4. The van der Waals surface area contributed by atoms with Crippen molar-refractivity contribution in [2.24, 2.45) is 10.3 Å². The monoisotopic (exact) mass is 419 g/mol. The predicted molar refractivity (Wildman–Crippen MR) is 98.1 cm³/mol. The Kier molecular flexibility index (Phi) is 4.71. The first-order chi connectivity index (χ1) is 13.8. The lowest BCUT2D eigenvalue weighted by molar-refractivity contribution is -0.123. The van der Waals surface area contributed by atoms with Gasteiger partial charge in [0.2, 0.25) is 5.91 Å². The van der Waals surface area contributed by atoms with Gasteiger partial charge < -0.3 is 5.32 Å². The van der Waals surface area contributed by atoms with Crippen LogP contribution in [0.2, 0.25) is 5.02 Å². The summed E-state index contributed by atoms with van der Waals surface area (Å²) in [6.07, 6.45) is 0. The predicted octanol–water partition coefficient (Wildman–Crippen LogP) is 2.55. The summed E-state index contributed by atoms with van der Waals surface area (Å²) in [7, 11) is 0. The van der Waals surface area contributed by atoms with Crippen LogP contribution >= 0.6 is 11.6 Å². The van der Waals surface area contributed by atoms with Crippen LogP contribution in [0.3, 0.4) is 0 Å². The van der Waals surface area contributed by atoms with E-state index in [4.69, 9.17) is 11.6 Å². The highest BCUT2D eigenvalue weighted by atomic mass is 35.5. The number of benzene rings is 2. The lowest BCUT2D eigenvalue weighted by Crippen LogP contribution is -2.43. The SMILES string of the molecule is O=C(CN1N=N[C@@H]2C(=O)N(c3ccc(F)c(Cl)c3)C(=O)[C@@H]21)Nc1ccc(F)cc1. The molecule has 0 bridgehead atoms. The Bertz CT molecular complexity index is 1050. The molecule has 3 amide bonds. The summed E-state index contributed by atoms with van der Waals surface area (Å²) in [5.74, 6) is -2.96. The molecule has 2 aliphatic heterocycles. The fraction of sp³-hybridized carbons (Fsp3) is 0.167. The molecule has 2 aromatic rings. The van der Waals surface area contributed by atoms with Crippen LogP contribution in [0.4, 0.5) is 20.2 Å². The molecule has 29 heavy (non-hydrogen) atoms. The molecule has 1 saturated heterocycles. The molecule has 0 unspecified atom stereocenters. The number of halogens is 3. The highest BCUT2D eigenvalue weighted by molar-refractivity contribution is 6.32. The van der Waals surface area contributed by atoms with Crippen molar-refractivity contribution < 1.29 is 23.2 Å². The molecule has 1 N–H and O–H groups in total. The Morgan fingerprint density at radius 2 is 1.83 bits per heavy atom. The summed E-state index contributed by atoms with van der Waals surface area (Å²) < 4.78 is 26.3. The number of hydrogen-bond acceptors (Lipinski definition) is 6. The van der Waals surface area contributed by atoms with Gasteiger partial charge in [0, 0.05) is 5.69 Å². The van der Waals surface area contributed by atoms with E-state index >= 15 is 0 Å². The van der Waals surface area contributed by atoms with Crippen LogP contribution in [0.1, 0.15) is 0 Å². The summed E-state index contributed by atoms with van der Waals surface area (Å²) in [6, 6.07) is 6.39. The second-order valence-electron chi connectivity index (χ2n) is 6.36. The maximum absolute atomic E-state index is 13.4. The van der Waals surface area contributed by atoms with E-state index in [1.54, 1.807) is 0 Å². The number of imide groups is 1. The second-order valence-corrected chi connectivity index (χ2v) is 6.76. The molecule has 0 aromatic heterocycles. The summed E-state index contributed by atoms with van der Waals surface area (Å²) in [5.41, 5.74) is 0.465. The highest BCUT2D eigenvalue weighted by Crippen LogP contribution is 2.33. The molecule has 2 atom stereocenters. The molecule has 2 aliphatic rings. The van der Waals surface area contributed by atoms with E-state index in [-0.39, 0.29) is 17.3 Å². The van der Waals surface area contributed by atoms with Crippen LogP contribution in [0, 0.1) is 11.6 Å². The van der Waals surface area contributed by atoms with Crippen LogP contribution in [0.25, 0.3) is 0 Å². The number of hydrogen-bond donors (Lipinski definition) is 1. The zero-order valence-electron chi connectivity index (χ0n) is 14.6. The largest absolute Gasteiger partial charge is 0.324 e. The fourth-order valence-electron chi connectivity index (χ4n) is 3.11. The maximum atomic E-state index is 13.4. The van der Waals surface area contributed by atoms with Gasteiger partial charge in [0.05, 0.1) is 10.7 Å². The van der Waals surface area contributed by atoms with Crippen LogP contribution in [-0.2, 0) is 14.4 Å². The maximum Gasteiger partial charge on any atom is 0.263 e. The number of amides is 3. The third-order valence-electron chi connectivity index (χ3n) is 4.45. The molecule has 0 aliphatic carbocycles. The van der Waals surface area contributed by atoms with E-state index in [0.717, 1.165) is 22.0 Å². The van der Waals surface area contributed by atoms with Gasteiger partial charge in [-0.05, 0) is 42.5 Å². The molecule has 2 aromatic carbocycles. The van der Waals surface area contributed by atoms with Gasteiger partial charge in [-0.3, -0.25) is 19.4 Å². The molecule has 0 saturated carbocycles. The number of anilines is 2. The van der Waals surface area contributed by atoms with Crippen molar-refractivity contribution in [3.05, 3.63) is 59.1 Å². The van der Waals surface area contributed by atoms with Gasteiger partial charge in [-0.2, -0.15) is 5.11 Å². The summed E-state index contributed by atoms with van der Waals surface area (Å²) in [6.45, 7) is -0.348. The number of carbonyl (C=O) groups excluding carboxylic acids is 3. The third-order valence-corrected chi connectivity index (χ3v) is 4.74. The Labute approximate surface area is 167 Å². The quantitative estimate of drug-likeness (QED) is 0.770. The van der Waals surface area contributed by atoms with Crippen LogP contribution < -0.4 is 10.2 Å². The molecule has 0 spiro atoms. The first-order valence-electron chi connectivity index (χ1n) is 8.41. The van der Waals surface area contributed by atoms with Crippen molar-refractivity contribution in [2.45, 2.75) is 12.1 Å². The topological polar surface area (TPSA) is 94.4 Å². The van der Waals surface area contributed by atoms with Crippen LogP contribution in [0.5, 0.6) is 0 Å². The van der Waals surface area contributed by atoms with Gasteiger partial charge in [-0.1, -0.05) is 16.8 Å². The lowest BCUT2D eigenvalue weighted by Gasteiger charge is -2.20. The average Bonchev–Trinajstić information content (AvgIpc) is 3.20. The van der Waals surface area contributed by atoms with E-state index in [2.05, 4.69) is 15.7 Å². The normalized spacial score (nSPS) is 20.4. The lowest BCUT2D eigenvalue weighted by atomic mass is 10.1. The zero-order chi connectivity index (χ0) is 20.7. The molecule has 8 nitrogen and oxygen atoms in total. The number of nitrogens with zero attached hydrogens (tertiary/aromatic N) is 4. The van der Waals surface area contributed by atoms with E-state index in [1.165, 1.54) is 30.3 Å². The van der Waals surface area contributed by atoms with E-state index < -0.39 is 41.4 Å². The number of carbonyl (C=O) groups is 3. The minimum Gasteiger partial charge on any atom is -0.324 e. The van der Waals surface area contributed by atoms with Gasteiger partial charge >= 0.3 is 0 Å². The third kappa shape index (κ3) is 3.42. The number of fused-ring (bicyclic) bond motifs is 1. The molecule has 1 fully saturated rings. The summed E-state index contributed by atoms with van der Waals surface area (Å²) in [4.78, 5) is 38.5.